The van der Waals surface area contributed by atoms with Gasteiger partial charge in [-0.3, -0.25) is 14.4 Å². The summed E-state index contributed by atoms with van der Waals surface area (Å²) in [6, 6.07) is 24.8. The fourth-order valence-electron chi connectivity index (χ4n) is 4.83. The number of rotatable bonds is 10. The molecule has 0 aliphatic rings. The van der Waals surface area contributed by atoms with Crippen molar-refractivity contribution in [1.82, 2.24) is 20.6 Å². The number of carbonyl (C=O) groups is 3. The summed E-state index contributed by atoms with van der Waals surface area (Å²) in [5.41, 5.74) is 5.48. The molecule has 2 amide bonds. The van der Waals surface area contributed by atoms with Crippen LogP contribution in [0.3, 0.4) is 0 Å². The lowest BCUT2D eigenvalue weighted by Gasteiger charge is -2.20. The zero-order valence-electron chi connectivity index (χ0n) is 26.5. The topological polar surface area (TPSA) is 121 Å². The molecule has 10 heteroatoms. The first kappa shape index (κ1) is 33.5. The molecular weight excluding hydrogens is 632 g/mol. The van der Waals surface area contributed by atoms with Crippen LogP contribution in [0.15, 0.2) is 97.3 Å². The average molecular weight is 667 g/mol. The number of hydrogen-bond acceptors (Lipinski definition) is 6. The van der Waals surface area contributed by atoms with Crippen LogP contribution in [0.4, 0.5) is 0 Å². The lowest BCUT2D eigenvalue weighted by molar-refractivity contribution is -0.141. The lowest BCUT2D eigenvalue weighted by atomic mass is 9.95. The number of hydrogen-bond donors (Lipinski definition) is 3. The first-order valence-corrected chi connectivity index (χ1v) is 16.3. The molecule has 0 radical (unpaired) electrons. The van der Waals surface area contributed by atoms with Crippen molar-refractivity contribution in [2.75, 3.05) is 0 Å². The van der Waals surface area contributed by atoms with Crippen molar-refractivity contribution >= 4 is 40.7 Å². The number of benzene rings is 3. The smallest absolute Gasteiger partial charge is 0.325 e. The van der Waals surface area contributed by atoms with Gasteiger partial charge in [-0.25, -0.2) is 9.97 Å². The standard InChI is InChI=1S/C37H35ClN4O4S/c1-22(36(45)46)41-34(43)30(42-35(44)31-17-18-32(47-31)37(2,3)4)19-23-5-7-27(8-6-23)33-39-20-28(21-40-33)26-11-9-24(10-12-26)25-13-15-29(38)16-14-25/h5-18,20-22,30H,19H2,1-4H3,(H,41,43)(H,42,44)(H,45,46)/t22-,30+/m1/s1. The maximum absolute atomic E-state index is 13.2. The summed E-state index contributed by atoms with van der Waals surface area (Å²) in [6.07, 6.45) is 3.72. The van der Waals surface area contributed by atoms with Gasteiger partial charge in [0.25, 0.3) is 5.91 Å². The van der Waals surface area contributed by atoms with Crippen LogP contribution in [0, 0.1) is 0 Å². The molecule has 0 saturated carbocycles. The molecule has 47 heavy (non-hydrogen) atoms. The van der Waals surface area contributed by atoms with E-state index < -0.39 is 29.9 Å². The van der Waals surface area contributed by atoms with E-state index in [1.54, 1.807) is 18.5 Å². The van der Waals surface area contributed by atoms with E-state index in [1.807, 2.05) is 78.9 Å². The van der Waals surface area contributed by atoms with E-state index in [0.29, 0.717) is 15.7 Å². The van der Waals surface area contributed by atoms with Crippen LogP contribution in [0.25, 0.3) is 33.6 Å². The molecule has 2 atom stereocenters. The number of aromatic nitrogens is 2. The van der Waals surface area contributed by atoms with Gasteiger partial charge in [0, 0.05) is 39.8 Å². The van der Waals surface area contributed by atoms with Crippen molar-refractivity contribution in [3.8, 4) is 33.6 Å². The monoisotopic (exact) mass is 666 g/mol. The second-order valence-corrected chi connectivity index (χ2v) is 13.8. The van der Waals surface area contributed by atoms with E-state index in [9.17, 15) is 19.5 Å². The SMILES string of the molecule is C[C@@H](NC(=O)[C@H](Cc1ccc(-c2ncc(-c3ccc(-c4ccc(Cl)cc4)cc3)cn2)cc1)NC(=O)c1ccc(C(C)(C)C)s1)C(=O)O. The number of aliphatic carboxylic acids is 1. The summed E-state index contributed by atoms with van der Waals surface area (Å²) in [5.74, 6) is -1.59. The van der Waals surface area contributed by atoms with Gasteiger partial charge >= 0.3 is 5.97 Å². The van der Waals surface area contributed by atoms with Gasteiger partial charge in [0.05, 0.1) is 4.88 Å². The first-order chi connectivity index (χ1) is 22.4. The summed E-state index contributed by atoms with van der Waals surface area (Å²) in [7, 11) is 0. The summed E-state index contributed by atoms with van der Waals surface area (Å²) in [4.78, 5) is 48.3. The van der Waals surface area contributed by atoms with Gasteiger partial charge in [-0.15, -0.1) is 11.3 Å². The Hall–Kier alpha value is -4.86. The van der Waals surface area contributed by atoms with Crippen LogP contribution in [-0.2, 0) is 21.4 Å². The number of carbonyl (C=O) groups excluding carboxylic acids is 2. The molecule has 5 aromatic rings. The molecule has 0 bridgehead atoms. The normalized spacial score (nSPS) is 12.6. The van der Waals surface area contributed by atoms with Crippen LogP contribution in [0.5, 0.6) is 0 Å². The van der Waals surface area contributed by atoms with E-state index in [-0.39, 0.29) is 11.8 Å². The van der Waals surface area contributed by atoms with Gasteiger partial charge in [-0.1, -0.05) is 93.0 Å². The Labute approximate surface area is 282 Å². The predicted octanol–water partition coefficient (Wildman–Crippen LogP) is 7.42. The number of amides is 2. The highest BCUT2D eigenvalue weighted by Gasteiger charge is 2.26. The van der Waals surface area contributed by atoms with Crippen LogP contribution in [0.2, 0.25) is 5.02 Å². The van der Waals surface area contributed by atoms with Crippen LogP contribution in [0.1, 0.15) is 47.8 Å². The highest BCUT2D eigenvalue weighted by molar-refractivity contribution is 7.14. The van der Waals surface area contributed by atoms with Crippen molar-refractivity contribution in [2.24, 2.45) is 0 Å². The zero-order valence-corrected chi connectivity index (χ0v) is 28.0. The van der Waals surface area contributed by atoms with E-state index in [2.05, 4.69) is 41.4 Å². The number of nitrogens with one attached hydrogen (secondary N) is 2. The minimum Gasteiger partial charge on any atom is -0.480 e. The largest absolute Gasteiger partial charge is 0.480 e. The van der Waals surface area contributed by atoms with E-state index in [0.717, 1.165) is 38.3 Å². The second-order valence-electron chi connectivity index (χ2n) is 12.3. The predicted molar refractivity (Wildman–Crippen MR) is 187 cm³/mol. The van der Waals surface area contributed by atoms with Crippen LogP contribution >= 0.6 is 22.9 Å². The summed E-state index contributed by atoms with van der Waals surface area (Å²) in [6.45, 7) is 7.57. The summed E-state index contributed by atoms with van der Waals surface area (Å²) >= 11 is 7.38. The highest BCUT2D eigenvalue weighted by atomic mass is 35.5. The Bertz CT molecular complexity index is 1860. The maximum atomic E-state index is 13.2. The molecular formula is C37H35ClN4O4S. The summed E-state index contributed by atoms with van der Waals surface area (Å²) in [5, 5.41) is 15.3. The number of thiophene rings is 1. The van der Waals surface area contributed by atoms with Gasteiger partial charge in [-0.2, -0.15) is 0 Å². The molecule has 5 rings (SSSR count). The molecule has 0 fully saturated rings. The van der Waals surface area contributed by atoms with Crippen molar-refractivity contribution in [3.05, 3.63) is 118 Å². The molecule has 0 saturated heterocycles. The van der Waals surface area contributed by atoms with Gasteiger partial charge in [0.1, 0.15) is 12.1 Å². The van der Waals surface area contributed by atoms with Crippen LogP contribution < -0.4 is 10.6 Å². The van der Waals surface area contributed by atoms with Gasteiger partial charge in [0.2, 0.25) is 5.91 Å². The first-order valence-electron chi connectivity index (χ1n) is 15.1. The Morgan fingerprint density at radius 1 is 0.766 bits per heavy atom. The summed E-state index contributed by atoms with van der Waals surface area (Å²) < 4.78 is 0. The third-order valence-electron chi connectivity index (χ3n) is 7.62. The maximum Gasteiger partial charge on any atom is 0.325 e. The highest BCUT2D eigenvalue weighted by Crippen LogP contribution is 2.30. The van der Waals surface area contributed by atoms with E-state index >= 15 is 0 Å². The van der Waals surface area contributed by atoms with Crippen molar-refractivity contribution in [1.29, 1.82) is 0 Å². The molecule has 0 aliphatic heterocycles. The second kappa shape index (κ2) is 14.3. The lowest BCUT2D eigenvalue weighted by Crippen LogP contribution is -2.51. The molecule has 3 aromatic carbocycles. The fraction of sp³-hybridized carbons (Fsp3) is 0.216. The number of nitrogens with zero attached hydrogens (tertiary/aromatic N) is 2. The Kier molecular flexibility index (Phi) is 10.2. The quantitative estimate of drug-likeness (QED) is 0.143. The van der Waals surface area contributed by atoms with Crippen molar-refractivity contribution in [2.45, 2.75) is 51.6 Å². The molecule has 2 heterocycles. The number of carboxylic acid groups (broad SMARTS) is 1. The van der Waals surface area contributed by atoms with Gasteiger partial charge < -0.3 is 15.7 Å². The minimum atomic E-state index is -1.16. The molecule has 0 spiro atoms. The van der Waals surface area contributed by atoms with Crippen LogP contribution in [-0.4, -0.2) is 44.9 Å². The van der Waals surface area contributed by atoms with Crippen molar-refractivity contribution < 1.29 is 19.5 Å². The van der Waals surface area contributed by atoms with E-state index in [1.165, 1.54) is 18.3 Å². The fourth-order valence-corrected chi connectivity index (χ4v) is 5.92. The zero-order chi connectivity index (χ0) is 33.7. The van der Waals surface area contributed by atoms with Gasteiger partial charge in [0.15, 0.2) is 5.82 Å². The molecule has 240 valence electrons. The third kappa shape index (κ3) is 8.49. The molecule has 2 aromatic heterocycles. The number of halogens is 1. The average Bonchev–Trinajstić information content (AvgIpc) is 3.57. The van der Waals surface area contributed by atoms with Crippen molar-refractivity contribution in [3.63, 3.8) is 0 Å². The number of carboxylic acids is 1. The molecule has 3 N–H and O–H groups in total. The molecule has 8 nitrogen and oxygen atoms in total. The Morgan fingerprint density at radius 2 is 1.30 bits per heavy atom. The minimum absolute atomic E-state index is 0.118. The van der Waals surface area contributed by atoms with Gasteiger partial charge in [-0.05, 0) is 58.9 Å². The van der Waals surface area contributed by atoms with E-state index in [4.69, 9.17) is 11.6 Å². The Balaban J connectivity index is 1.28. The molecule has 0 unspecified atom stereocenters. The third-order valence-corrected chi connectivity index (χ3v) is 9.38. The molecule has 0 aliphatic carbocycles. The Morgan fingerprint density at radius 3 is 1.83 bits per heavy atom.